The number of anilines is 2. The Morgan fingerprint density at radius 2 is 1.73 bits per heavy atom. The van der Waals surface area contributed by atoms with Gasteiger partial charge in [0.15, 0.2) is 11.7 Å². The maximum atomic E-state index is 12.3. The topological polar surface area (TPSA) is 116 Å². The Morgan fingerprint density at radius 1 is 1.03 bits per heavy atom. The Labute approximate surface area is 195 Å². The van der Waals surface area contributed by atoms with Crippen molar-refractivity contribution in [3.8, 4) is 5.75 Å². The third-order valence-electron chi connectivity index (χ3n) is 4.43. The number of hydrogen-bond donors (Lipinski definition) is 2. The molecule has 0 unspecified atom stereocenters. The Balaban J connectivity index is 1.59. The fraction of sp³-hybridized carbons (Fsp3) is 0.304. The summed E-state index contributed by atoms with van der Waals surface area (Å²) in [5.41, 5.74) is 2.55. The van der Waals surface area contributed by atoms with Crippen LogP contribution >= 0.6 is 11.3 Å². The van der Waals surface area contributed by atoms with E-state index in [0.29, 0.717) is 5.75 Å². The van der Waals surface area contributed by atoms with Gasteiger partial charge >= 0.3 is 11.9 Å². The van der Waals surface area contributed by atoms with Crippen LogP contribution < -0.4 is 15.4 Å². The normalized spacial score (nSPS) is 10.7. The number of aryl methyl sites for hydroxylation is 1. The van der Waals surface area contributed by atoms with Crippen molar-refractivity contribution in [1.29, 1.82) is 0 Å². The molecule has 0 radical (unpaired) electrons. The first-order valence-corrected chi connectivity index (χ1v) is 11.2. The van der Waals surface area contributed by atoms with Crippen molar-refractivity contribution in [1.82, 2.24) is 10.3 Å². The molecule has 0 spiro atoms. The molecule has 0 saturated carbocycles. The number of aromatic nitrogens is 1. The SMILES string of the molecule is CCOC(=O)C(NC(=O)COc1ccc(Nc2nc3ccccc3s2)cc1C)C(=O)OCC. The fourth-order valence-electron chi connectivity index (χ4n) is 2.95. The van der Waals surface area contributed by atoms with Crippen molar-refractivity contribution < 1.29 is 28.6 Å². The molecule has 3 rings (SSSR count). The summed E-state index contributed by atoms with van der Waals surface area (Å²) in [6.07, 6.45) is 0. The van der Waals surface area contributed by atoms with Gasteiger partial charge < -0.3 is 24.8 Å². The maximum absolute atomic E-state index is 12.3. The predicted octanol–water partition coefficient (Wildman–Crippen LogP) is 3.34. The number of benzene rings is 2. The van der Waals surface area contributed by atoms with E-state index in [1.165, 1.54) is 0 Å². The van der Waals surface area contributed by atoms with E-state index in [1.807, 2.05) is 43.3 Å². The second-order valence-corrected chi connectivity index (χ2v) is 7.92. The van der Waals surface area contributed by atoms with Crippen LogP contribution in [-0.2, 0) is 23.9 Å². The van der Waals surface area contributed by atoms with Gasteiger partial charge in [-0.15, -0.1) is 0 Å². The standard InChI is InChI=1S/C23H25N3O6S/c1-4-30-21(28)20(22(29)31-5-2)26-19(27)13-32-17-11-10-15(12-14(17)3)24-23-25-16-8-6-7-9-18(16)33-23/h6-12,20H,4-5,13H2,1-3H3,(H,24,25)(H,26,27). The largest absolute Gasteiger partial charge is 0.484 e. The highest BCUT2D eigenvalue weighted by Gasteiger charge is 2.31. The Morgan fingerprint density at radius 3 is 2.36 bits per heavy atom. The molecule has 3 aromatic rings. The molecule has 9 nitrogen and oxygen atoms in total. The van der Waals surface area contributed by atoms with Gasteiger partial charge in [-0.2, -0.15) is 0 Å². The number of para-hydroxylation sites is 1. The molecule has 2 N–H and O–H groups in total. The summed E-state index contributed by atoms with van der Waals surface area (Å²) in [6.45, 7) is 4.79. The zero-order chi connectivity index (χ0) is 23.8. The Kier molecular flexibility index (Phi) is 8.20. The first-order valence-electron chi connectivity index (χ1n) is 10.4. The van der Waals surface area contributed by atoms with E-state index in [4.69, 9.17) is 14.2 Å². The van der Waals surface area contributed by atoms with Gasteiger partial charge in [-0.1, -0.05) is 23.5 Å². The Hall–Kier alpha value is -3.66. The maximum Gasteiger partial charge on any atom is 0.340 e. The molecule has 1 amide bonds. The van der Waals surface area contributed by atoms with Crippen molar-refractivity contribution in [2.45, 2.75) is 26.8 Å². The van der Waals surface area contributed by atoms with Gasteiger partial charge in [0.1, 0.15) is 5.75 Å². The molecule has 33 heavy (non-hydrogen) atoms. The van der Waals surface area contributed by atoms with E-state index >= 15 is 0 Å². The van der Waals surface area contributed by atoms with Crippen LogP contribution in [0.1, 0.15) is 19.4 Å². The molecule has 0 aliphatic heterocycles. The molecule has 174 valence electrons. The van der Waals surface area contributed by atoms with Gasteiger partial charge in [-0.25, -0.2) is 14.6 Å². The molecular formula is C23H25N3O6S. The molecular weight excluding hydrogens is 446 g/mol. The molecule has 1 heterocycles. The number of ether oxygens (including phenoxy) is 3. The number of amides is 1. The lowest BCUT2D eigenvalue weighted by atomic mass is 10.2. The van der Waals surface area contributed by atoms with E-state index in [-0.39, 0.29) is 19.8 Å². The minimum absolute atomic E-state index is 0.0672. The van der Waals surface area contributed by atoms with Gasteiger partial charge in [-0.3, -0.25) is 4.79 Å². The summed E-state index contributed by atoms with van der Waals surface area (Å²) in [6, 6.07) is 11.8. The van der Waals surface area contributed by atoms with Crippen molar-refractivity contribution in [3.05, 3.63) is 48.0 Å². The lowest BCUT2D eigenvalue weighted by Crippen LogP contribution is -2.49. The number of nitrogens with zero attached hydrogens (tertiary/aromatic N) is 1. The van der Waals surface area contributed by atoms with Crippen molar-refractivity contribution in [2.75, 3.05) is 25.1 Å². The lowest BCUT2D eigenvalue weighted by Gasteiger charge is -2.16. The number of nitrogens with one attached hydrogen (secondary N) is 2. The van der Waals surface area contributed by atoms with E-state index < -0.39 is 23.9 Å². The summed E-state index contributed by atoms with van der Waals surface area (Å²) in [5, 5.41) is 6.34. The molecule has 0 atom stereocenters. The average Bonchev–Trinajstić information content (AvgIpc) is 3.19. The zero-order valence-electron chi connectivity index (χ0n) is 18.5. The van der Waals surface area contributed by atoms with Crippen LogP contribution in [-0.4, -0.2) is 48.7 Å². The van der Waals surface area contributed by atoms with E-state index in [9.17, 15) is 14.4 Å². The van der Waals surface area contributed by atoms with E-state index in [0.717, 1.165) is 26.6 Å². The second-order valence-electron chi connectivity index (χ2n) is 6.89. The van der Waals surface area contributed by atoms with Gasteiger partial charge in [-0.05, 0) is 56.7 Å². The number of esters is 2. The van der Waals surface area contributed by atoms with Crippen molar-refractivity contribution in [2.24, 2.45) is 0 Å². The third kappa shape index (κ3) is 6.42. The number of carbonyl (C=O) groups excluding carboxylic acids is 3. The molecule has 2 aromatic carbocycles. The van der Waals surface area contributed by atoms with Crippen molar-refractivity contribution in [3.63, 3.8) is 0 Å². The molecule has 0 fully saturated rings. The van der Waals surface area contributed by atoms with Gasteiger partial charge in [0.05, 0.1) is 23.4 Å². The van der Waals surface area contributed by atoms with Crippen LogP contribution in [0.4, 0.5) is 10.8 Å². The average molecular weight is 472 g/mol. The molecule has 0 saturated heterocycles. The number of rotatable bonds is 10. The monoisotopic (exact) mass is 471 g/mol. The highest BCUT2D eigenvalue weighted by molar-refractivity contribution is 7.22. The number of carbonyl (C=O) groups is 3. The number of thiazole rings is 1. The molecule has 1 aromatic heterocycles. The number of fused-ring (bicyclic) bond motifs is 1. The van der Waals surface area contributed by atoms with Gasteiger partial charge in [0.2, 0.25) is 6.04 Å². The van der Waals surface area contributed by atoms with Gasteiger partial charge in [0.25, 0.3) is 5.91 Å². The predicted molar refractivity (Wildman–Crippen MR) is 125 cm³/mol. The zero-order valence-corrected chi connectivity index (χ0v) is 19.4. The summed E-state index contributed by atoms with van der Waals surface area (Å²) in [4.78, 5) is 40.8. The quantitative estimate of drug-likeness (QED) is 0.342. The minimum Gasteiger partial charge on any atom is -0.484 e. The molecule has 0 aliphatic rings. The third-order valence-corrected chi connectivity index (χ3v) is 5.38. The van der Waals surface area contributed by atoms with Crippen molar-refractivity contribution >= 4 is 50.2 Å². The summed E-state index contributed by atoms with van der Waals surface area (Å²) < 4.78 is 16.3. The lowest BCUT2D eigenvalue weighted by molar-refractivity contribution is -0.159. The summed E-state index contributed by atoms with van der Waals surface area (Å²) >= 11 is 1.55. The van der Waals surface area contributed by atoms with E-state index in [2.05, 4.69) is 15.6 Å². The van der Waals surface area contributed by atoms with Crippen LogP contribution in [0.15, 0.2) is 42.5 Å². The Bertz CT molecular complexity index is 1100. The van der Waals surface area contributed by atoms with Gasteiger partial charge in [0, 0.05) is 5.69 Å². The highest BCUT2D eigenvalue weighted by atomic mass is 32.1. The first-order chi connectivity index (χ1) is 15.9. The van der Waals surface area contributed by atoms with E-state index in [1.54, 1.807) is 31.3 Å². The fourth-order valence-corrected chi connectivity index (χ4v) is 3.84. The van der Waals surface area contributed by atoms with Crippen LogP contribution in [0.5, 0.6) is 5.75 Å². The second kappa shape index (κ2) is 11.3. The molecule has 0 aliphatic carbocycles. The van der Waals surface area contributed by atoms with Crippen LogP contribution in [0.3, 0.4) is 0 Å². The highest BCUT2D eigenvalue weighted by Crippen LogP contribution is 2.29. The van der Waals surface area contributed by atoms with Crippen LogP contribution in [0, 0.1) is 6.92 Å². The summed E-state index contributed by atoms with van der Waals surface area (Å²) in [7, 11) is 0. The summed E-state index contributed by atoms with van der Waals surface area (Å²) in [5.74, 6) is -1.93. The van der Waals surface area contributed by atoms with Crippen LogP contribution in [0.2, 0.25) is 0 Å². The minimum atomic E-state index is -1.54. The molecule has 0 bridgehead atoms. The molecule has 10 heteroatoms. The first kappa shape index (κ1) is 24.0. The van der Waals surface area contributed by atoms with Crippen LogP contribution in [0.25, 0.3) is 10.2 Å². The smallest absolute Gasteiger partial charge is 0.340 e. The number of hydrogen-bond acceptors (Lipinski definition) is 9.